The molecule has 0 radical (unpaired) electrons. The van der Waals surface area contributed by atoms with Crippen molar-refractivity contribution in [2.24, 2.45) is 5.92 Å². The Morgan fingerprint density at radius 1 is 1.26 bits per heavy atom. The molecule has 1 atom stereocenters. The highest BCUT2D eigenvalue weighted by atomic mass is 16.1. The summed E-state index contributed by atoms with van der Waals surface area (Å²) in [5.74, 6) is 0.830. The molecule has 1 fully saturated rings. The van der Waals surface area contributed by atoms with Crippen LogP contribution in [0.5, 0.6) is 0 Å². The van der Waals surface area contributed by atoms with Gasteiger partial charge in [0.25, 0.3) is 0 Å². The van der Waals surface area contributed by atoms with Gasteiger partial charge in [0.15, 0.2) is 0 Å². The number of hydrogen-bond donors (Lipinski definition) is 2. The molecular formula is C22H32N4O. The lowest BCUT2D eigenvalue weighted by Crippen LogP contribution is -2.47. The minimum Gasteiger partial charge on any atom is -0.352 e. The molecule has 1 amide bonds. The highest BCUT2D eigenvalue weighted by Gasteiger charge is 2.21. The second-order valence-corrected chi connectivity index (χ2v) is 8.16. The van der Waals surface area contributed by atoms with Crippen molar-refractivity contribution in [3.8, 4) is 0 Å². The number of amides is 1. The lowest BCUT2D eigenvalue weighted by atomic mass is 10.0. The molecule has 0 unspecified atom stereocenters. The number of aromatic nitrogens is 2. The van der Waals surface area contributed by atoms with Crippen molar-refractivity contribution >= 4 is 5.91 Å². The SMILES string of the molecule is CC(C)Cc1ccc(CN2CCC[C@@H](NC(=O)CCc3cn[nH]c3)C2)cc1. The average Bonchev–Trinajstić information content (AvgIpc) is 3.15. The molecule has 27 heavy (non-hydrogen) atoms. The Labute approximate surface area is 162 Å². The number of nitrogens with zero attached hydrogens (tertiary/aromatic N) is 2. The van der Waals surface area contributed by atoms with E-state index in [9.17, 15) is 4.79 Å². The third kappa shape index (κ3) is 6.51. The summed E-state index contributed by atoms with van der Waals surface area (Å²) in [6, 6.07) is 9.29. The number of hydrogen-bond acceptors (Lipinski definition) is 3. The van der Waals surface area contributed by atoms with Gasteiger partial charge in [-0.15, -0.1) is 0 Å². The minimum absolute atomic E-state index is 0.140. The van der Waals surface area contributed by atoms with Crippen LogP contribution in [-0.4, -0.2) is 40.1 Å². The number of aromatic amines is 1. The Kier molecular flexibility index (Phi) is 7.04. The molecule has 1 aromatic heterocycles. The number of likely N-dealkylation sites (tertiary alicyclic amines) is 1. The van der Waals surface area contributed by atoms with Crippen molar-refractivity contribution in [1.82, 2.24) is 20.4 Å². The van der Waals surface area contributed by atoms with Gasteiger partial charge in [-0.1, -0.05) is 38.1 Å². The maximum atomic E-state index is 12.2. The normalized spacial score (nSPS) is 18.0. The number of carbonyl (C=O) groups is 1. The smallest absolute Gasteiger partial charge is 0.220 e. The monoisotopic (exact) mass is 368 g/mol. The summed E-state index contributed by atoms with van der Waals surface area (Å²) in [6.45, 7) is 7.51. The third-order valence-electron chi connectivity index (χ3n) is 5.14. The summed E-state index contributed by atoms with van der Waals surface area (Å²) >= 11 is 0. The molecule has 0 saturated carbocycles. The Morgan fingerprint density at radius 2 is 2.04 bits per heavy atom. The fourth-order valence-corrected chi connectivity index (χ4v) is 3.80. The first kappa shape index (κ1) is 19.6. The Morgan fingerprint density at radius 3 is 2.74 bits per heavy atom. The molecule has 0 aliphatic carbocycles. The number of H-pyrrole nitrogens is 1. The average molecular weight is 369 g/mol. The van der Waals surface area contributed by atoms with E-state index in [0.717, 1.165) is 50.9 Å². The summed E-state index contributed by atoms with van der Waals surface area (Å²) < 4.78 is 0. The summed E-state index contributed by atoms with van der Waals surface area (Å²) in [5, 5.41) is 9.93. The lowest BCUT2D eigenvalue weighted by molar-refractivity contribution is -0.122. The number of piperidine rings is 1. The van der Waals surface area contributed by atoms with Crippen molar-refractivity contribution < 1.29 is 4.79 Å². The maximum absolute atomic E-state index is 12.2. The Balaban J connectivity index is 1.43. The predicted molar refractivity (Wildman–Crippen MR) is 108 cm³/mol. The van der Waals surface area contributed by atoms with Crippen LogP contribution >= 0.6 is 0 Å². The van der Waals surface area contributed by atoms with Crippen molar-refractivity contribution in [2.75, 3.05) is 13.1 Å². The standard InChI is InChI=1S/C22H32N4O/c1-17(2)12-18-5-7-19(8-6-18)15-26-11-3-4-21(16-26)25-22(27)10-9-20-13-23-24-14-20/h5-8,13-14,17,21H,3-4,9-12,15-16H2,1-2H3,(H,23,24)(H,25,27)/t21-/m1/s1. The fourth-order valence-electron chi connectivity index (χ4n) is 3.80. The van der Waals surface area contributed by atoms with E-state index in [4.69, 9.17) is 0 Å². The van der Waals surface area contributed by atoms with Gasteiger partial charge in [-0.25, -0.2) is 0 Å². The van der Waals surface area contributed by atoms with Crippen LogP contribution in [-0.2, 0) is 24.2 Å². The Bertz CT molecular complexity index is 694. The van der Waals surface area contributed by atoms with E-state index in [1.807, 2.05) is 6.20 Å². The quantitative estimate of drug-likeness (QED) is 0.751. The van der Waals surface area contributed by atoms with Crippen molar-refractivity contribution in [3.63, 3.8) is 0 Å². The van der Waals surface area contributed by atoms with Gasteiger partial charge in [0.2, 0.25) is 5.91 Å². The zero-order valence-electron chi connectivity index (χ0n) is 16.6. The molecule has 1 aromatic carbocycles. The van der Waals surface area contributed by atoms with E-state index in [2.05, 4.69) is 58.5 Å². The van der Waals surface area contributed by atoms with E-state index in [-0.39, 0.29) is 11.9 Å². The van der Waals surface area contributed by atoms with Gasteiger partial charge < -0.3 is 5.32 Å². The molecule has 1 aliphatic heterocycles. The molecule has 0 bridgehead atoms. The van der Waals surface area contributed by atoms with Crippen LogP contribution in [0.3, 0.4) is 0 Å². The first-order valence-electron chi connectivity index (χ1n) is 10.2. The molecule has 2 N–H and O–H groups in total. The molecule has 3 rings (SSSR count). The summed E-state index contributed by atoms with van der Waals surface area (Å²) in [6.07, 6.45) is 8.23. The van der Waals surface area contributed by atoms with Crippen LogP contribution in [0.4, 0.5) is 0 Å². The molecular weight excluding hydrogens is 336 g/mol. The van der Waals surface area contributed by atoms with E-state index >= 15 is 0 Å². The molecule has 5 heteroatoms. The van der Waals surface area contributed by atoms with Crippen LogP contribution < -0.4 is 5.32 Å². The van der Waals surface area contributed by atoms with E-state index in [0.29, 0.717) is 12.3 Å². The fraction of sp³-hybridized carbons (Fsp3) is 0.545. The van der Waals surface area contributed by atoms with Crippen LogP contribution in [0.25, 0.3) is 0 Å². The largest absolute Gasteiger partial charge is 0.352 e. The van der Waals surface area contributed by atoms with Gasteiger partial charge in [-0.3, -0.25) is 14.8 Å². The van der Waals surface area contributed by atoms with E-state index in [1.165, 1.54) is 11.1 Å². The number of nitrogens with one attached hydrogen (secondary N) is 2. The van der Waals surface area contributed by atoms with E-state index in [1.54, 1.807) is 6.20 Å². The molecule has 5 nitrogen and oxygen atoms in total. The first-order chi connectivity index (χ1) is 13.1. The van der Waals surface area contributed by atoms with Gasteiger partial charge in [0.1, 0.15) is 0 Å². The minimum atomic E-state index is 0.140. The summed E-state index contributed by atoms with van der Waals surface area (Å²) in [7, 11) is 0. The van der Waals surface area contributed by atoms with Crippen LogP contribution in [0.15, 0.2) is 36.7 Å². The topological polar surface area (TPSA) is 61.0 Å². The van der Waals surface area contributed by atoms with Crippen LogP contribution in [0.2, 0.25) is 0 Å². The highest BCUT2D eigenvalue weighted by Crippen LogP contribution is 2.16. The molecule has 1 saturated heterocycles. The second kappa shape index (κ2) is 9.70. The second-order valence-electron chi connectivity index (χ2n) is 8.16. The van der Waals surface area contributed by atoms with Gasteiger partial charge in [-0.2, -0.15) is 5.10 Å². The Hall–Kier alpha value is -2.14. The van der Waals surface area contributed by atoms with Crippen molar-refractivity contribution in [2.45, 2.75) is 58.5 Å². The van der Waals surface area contributed by atoms with Crippen LogP contribution in [0.1, 0.15) is 49.8 Å². The number of aryl methyl sites for hydroxylation is 1. The molecule has 146 valence electrons. The molecule has 0 spiro atoms. The van der Waals surface area contributed by atoms with Gasteiger partial charge >= 0.3 is 0 Å². The number of benzene rings is 1. The lowest BCUT2D eigenvalue weighted by Gasteiger charge is -2.33. The number of rotatable bonds is 8. The van der Waals surface area contributed by atoms with E-state index < -0.39 is 0 Å². The zero-order valence-corrected chi connectivity index (χ0v) is 16.6. The zero-order chi connectivity index (χ0) is 19.1. The van der Waals surface area contributed by atoms with Gasteiger partial charge in [-0.05, 0) is 54.8 Å². The molecule has 2 aromatic rings. The molecule has 1 aliphatic rings. The number of carbonyl (C=O) groups excluding carboxylic acids is 1. The van der Waals surface area contributed by atoms with Crippen molar-refractivity contribution in [1.29, 1.82) is 0 Å². The molecule has 2 heterocycles. The highest BCUT2D eigenvalue weighted by molar-refractivity contribution is 5.76. The maximum Gasteiger partial charge on any atom is 0.220 e. The van der Waals surface area contributed by atoms with Gasteiger partial charge in [0.05, 0.1) is 6.20 Å². The van der Waals surface area contributed by atoms with Gasteiger partial charge in [0, 0.05) is 31.7 Å². The summed E-state index contributed by atoms with van der Waals surface area (Å²) in [5.41, 5.74) is 3.85. The van der Waals surface area contributed by atoms with Crippen LogP contribution in [0, 0.1) is 5.92 Å². The van der Waals surface area contributed by atoms with Crippen molar-refractivity contribution in [3.05, 3.63) is 53.3 Å². The first-order valence-corrected chi connectivity index (χ1v) is 10.2. The third-order valence-corrected chi connectivity index (χ3v) is 5.14. The predicted octanol–water partition coefficient (Wildman–Crippen LogP) is 3.32. The summed E-state index contributed by atoms with van der Waals surface area (Å²) in [4.78, 5) is 14.7.